The van der Waals surface area contributed by atoms with Crippen LogP contribution < -0.4 is 5.32 Å². The summed E-state index contributed by atoms with van der Waals surface area (Å²) in [6.45, 7) is 4.90. The molecule has 1 aromatic rings. The number of halogens is 1. The molecule has 2 rings (SSSR count). The first-order valence-corrected chi connectivity index (χ1v) is 7.65. The Morgan fingerprint density at radius 1 is 1.47 bits per heavy atom. The molecule has 19 heavy (non-hydrogen) atoms. The van der Waals surface area contributed by atoms with Crippen molar-refractivity contribution in [3.8, 4) is 0 Å². The summed E-state index contributed by atoms with van der Waals surface area (Å²) in [6.07, 6.45) is 4.72. The van der Waals surface area contributed by atoms with Crippen LogP contribution in [-0.2, 0) is 0 Å². The first-order valence-electron chi connectivity index (χ1n) is 6.85. The second-order valence-corrected chi connectivity index (χ2v) is 5.76. The van der Waals surface area contributed by atoms with Crippen LogP contribution in [0.5, 0.6) is 0 Å². The van der Waals surface area contributed by atoms with Crippen molar-refractivity contribution in [2.75, 3.05) is 19.6 Å². The monoisotopic (exact) mass is 325 g/mol. The number of hydrogen-bond acceptors (Lipinski definition) is 3. The van der Waals surface area contributed by atoms with Gasteiger partial charge in [0.1, 0.15) is 5.69 Å². The topological polar surface area (TPSA) is 45.2 Å². The summed E-state index contributed by atoms with van der Waals surface area (Å²) in [5.74, 6) is 0.0567. The predicted molar refractivity (Wildman–Crippen MR) is 79.2 cm³/mol. The molecule has 0 bridgehead atoms. The summed E-state index contributed by atoms with van der Waals surface area (Å²) in [6, 6.07) is 4.00. The molecule has 4 nitrogen and oxygen atoms in total. The number of aromatic nitrogens is 1. The molecule has 0 aliphatic carbocycles. The van der Waals surface area contributed by atoms with Gasteiger partial charge in [0.25, 0.3) is 5.91 Å². The van der Waals surface area contributed by atoms with Gasteiger partial charge in [0.2, 0.25) is 0 Å². The lowest BCUT2D eigenvalue weighted by Gasteiger charge is -2.34. The summed E-state index contributed by atoms with van der Waals surface area (Å²) in [5, 5.41) is 3.34. The lowest BCUT2D eigenvalue weighted by molar-refractivity contribution is 0.0636. The number of carbonyl (C=O) groups is 1. The molecule has 0 saturated carbocycles. The third-order valence-electron chi connectivity index (χ3n) is 3.42. The van der Waals surface area contributed by atoms with Crippen LogP contribution >= 0.6 is 15.9 Å². The van der Waals surface area contributed by atoms with E-state index in [9.17, 15) is 4.79 Å². The molecule has 1 saturated heterocycles. The summed E-state index contributed by atoms with van der Waals surface area (Å²) in [5.41, 5.74) is 0.537. The van der Waals surface area contributed by atoms with Crippen LogP contribution in [0, 0.1) is 0 Å². The standard InChI is InChI=1S/C14H20BrN3O/c1-2-9-18(12-5-7-16-8-6-12)14(19)13-4-3-11(15)10-17-13/h3-4,10,12,16H,2,5-9H2,1H3. The van der Waals surface area contributed by atoms with Gasteiger partial charge >= 0.3 is 0 Å². The molecule has 2 heterocycles. The second kappa shape index (κ2) is 7.01. The van der Waals surface area contributed by atoms with E-state index in [1.165, 1.54) is 0 Å². The molecular weight excluding hydrogens is 306 g/mol. The van der Waals surface area contributed by atoms with Crippen LogP contribution in [0.1, 0.15) is 36.7 Å². The Hall–Kier alpha value is -0.940. The first-order chi connectivity index (χ1) is 9.22. The third-order valence-corrected chi connectivity index (χ3v) is 3.89. The predicted octanol–water partition coefficient (Wildman–Crippen LogP) is 2.45. The maximum atomic E-state index is 12.6. The number of nitrogens with one attached hydrogen (secondary N) is 1. The Morgan fingerprint density at radius 2 is 2.21 bits per heavy atom. The Labute approximate surface area is 122 Å². The molecule has 1 aliphatic rings. The van der Waals surface area contributed by atoms with Crippen molar-refractivity contribution >= 4 is 21.8 Å². The fourth-order valence-electron chi connectivity index (χ4n) is 2.46. The number of nitrogens with zero attached hydrogens (tertiary/aromatic N) is 2. The minimum Gasteiger partial charge on any atom is -0.334 e. The second-order valence-electron chi connectivity index (χ2n) is 4.84. The van der Waals surface area contributed by atoms with E-state index in [1.807, 2.05) is 11.0 Å². The minimum absolute atomic E-state index is 0.0567. The molecule has 1 N–H and O–H groups in total. The van der Waals surface area contributed by atoms with E-state index in [2.05, 4.69) is 33.2 Å². The lowest BCUT2D eigenvalue weighted by atomic mass is 10.0. The molecule has 0 spiro atoms. The van der Waals surface area contributed by atoms with Crippen molar-refractivity contribution in [2.45, 2.75) is 32.2 Å². The highest BCUT2D eigenvalue weighted by Crippen LogP contribution is 2.16. The van der Waals surface area contributed by atoms with Gasteiger partial charge in [0.15, 0.2) is 0 Å². The van der Waals surface area contributed by atoms with Crippen LogP contribution in [0.4, 0.5) is 0 Å². The zero-order valence-corrected chi connectivity index (χ0v) is 12.8. The Kier molecular flexibility index (Phi) is 5.34. The van der Waals surface area contributed by atoms with E-state index in [0.29, 0.717) is 11.7 Å². The van der Waals surface area contributed by atoms with Crippen molar-refractivity contribution in [3.63, 3.8) is 0 Å². The Balaban J connectivity index is 2.13. The van der Waals surface area contributed by atoms with Crippen molar-refractivity contribution < 1.29 is 4.79 Å². The third kappa shape index (κ3) is 3.76. The number of piperidine rings is 1. The van der Waals surface area contributed by atoms with Gasteiger partial charge in [0.05, 0.1) is 0 Å². The molecule has 0 unspecified atom stereocenters. The number of hydrogen-bond donors (Lipinski definition) is 1. The van der Waals surface area contributed by atoms with Gasteiger partial charge in [-0.15, -0.1) is 0 Å². The lowest BCUT2D eigenvalue weighted by Crippen LogP contribution is -2.46. The van der Waals surface area contributed by atoms with E-state index in [4.69, 9.17) is 0 Å². The summed E-state index contributed by atoms with van der Waals surface area (Å²) < 4.78 is 0.896. The Bertz CT molecular complexity index is 415. The van der Waals surface area contributed by atoms with Crippen LogP contribution in [0.2, 0.25) is 0 Å². The molecule has 104 valence electrons. The van der Waals surface area contributed by atoms with E-state index >= 15 is 0 Å². The fourth-order valence-corrected chi connectivity index (χ4v) is 2.69. The normalized spacial score (nSPS) is 16.3. The molecule has 1 fully saturated rings. The summed E-state index contributed by atoms with van der Waals surface area (Å²) in [4.78, 5) is 18.8. The molecule has 1 amide bonds. The van der Waals surface area contributed by atoms with Crippen molar-refractivity contribution in [3.05, 3.63) is 28.5 Å². The van der Waals surface area contributed by atoms with E-state index in [0.717, 1.165) is 43.4 Å². The highest BCUT2D eigenvalue weighted by Gasteiger charge is 2.26. The van der Waals surface area contributed by atoms with E-state index in [-0.39, 0.29) is 5.91 Å². The van der Waals surface area contributed by atoms with Crippen LogP contribution in [0.25, 0.3) is 0 Å². The molecule has 1 aromatic heterocycles. The Morgan fingerprint density at radius 3 is 2.79 bits per heavy atom. The number of amides is 1. The highest BCUT2D eigenvalue weighted by molar-refractivity contribution is 9.10. The van der Waals surface area contributed by atoms with Gasteiger partial charge in [-0.3, -0.25) is 4.79 Å². The first kappa shape index (κ1) is 14.5. The van der Waals surface area contributed by atoms with Crippen LogP contribution in [0.3, 0.4) is 0 Å². The molecule has 1 aliphatic heterocycles. The van der Waals surface area contributed by atoms with Crippen molar-refractivity contribution in [1.29, 1.82) is 0 Å². The molecule has 5 heteroatoms. The molecule has 0 atom stereocenters. The quantitative estimate of drug-likeness (QED) is 0.924. The minimum atomic E-state index is 0.0567. The molecular formula is C14H20BrN3O. The summed E-state index contributed by atoms with van der Waals surface area (Å²) in [7, 11) is 0. The zero-order chi connectivity index (χ0) is 13.7. The van der Waals surface area contributed by atoms with Crippen molar-refractivity contribution in [2.24, 2.45) is 0 Å². The molecule has 0 aromatic carbocycles. The number of rotatable bonds is 4. The fraction of sp³-hybridized carbons (Fsp3) is 0.571. The maximum absolute atomic E-state index is 12.6. The average Bonchev–Trinajstić information content (AvgIpc) is 2.46. The number of pyridine rings is 1. The van der Waals surface area contributed by atoms with Gasteiger partial charge in [-0.2, -0.15) is 0 Å². The maximum Gasteiger partial charge on any atom is 0.272 e. The smallest absolute Gasteiger partial charge is 0.272 e. The zero-order valence-electron chi connectivity index (χ0n) is 11.2. The largest absolute Gasteiger partial charge is 0.334 e. The van der Waals surface area contributed by atoms with Gasteiger partial charge in [0, 0.05) is 23.3 Å². The van der Waals surface area contributed by atoms with Gasteiger partial charge in [-0.25, -0.2) is 4.98 Å². The summed E-state index contributed by atoms with van der Waals surface area (Å²) >= 11 is 3.34. The van der Waals surface area contributed by atoms with Gasteiger partial charge in [-0.1, -0.05) is 6.92 Å². The molecule has 0 radical (unpaired) electrons. The highest BCUT2D eigenvalue weighted by atomic mass is 79.9. The average molecular weight is 326 g/mol. The van der Waals surface area contributed by atoms with Crippen molar-refractivity contribution in [1.82, 2.24) is 15.2 Å². The van der Waals surface area contributed by atoms with Crippen LogP contribution in [-0.4, -0.2) is 41.5 Å². The number of carbonyl (C=O) groups excluding carboxylic acids is 1. The van der Waals surface area contributed by atoms with E-state index in [1.54, 1.807) is 12.3 Å². The van der Waals surface area contributed by atoms with E-state index < -0.39 is 0 Å². The van der Waals surface area contributed by atoms with Gasteiger partial charge < -0.3 is 10.2 Å². The van der Waals surface area contributed by atoms with Crippen LogP contribution in [0.15, 0.2) is 22.8 Å². The SMILES string of the molecule is CCCN(C(=O)c1ccc(Br)cn1)C1CCNCC1. The van der Waals surface area contributed by atoms with Gasteiger partial charge in [-0.05, 0) is 60.4 Å².